The summed E-state index contributed by atoms with van der Waals surface area (Å²) in [5.41, 5.74) is 3.64. The molecule has 0 aliphatic rings. The number of nitrogens with zero attached hydrogens (tertiary/aromatic N) is 2. The van der Waals surface area contributed by atoms with Gasteiger partial charge in [0.1, 0.15) is 0 Å². The molecular weight excluding hydrogens is 248 g/mol. The molecule has 0 aliphatic heterocycles. The van der Waals surface area contributed by atoms with Crippen molar-refractivity contribution < 1.29 is 0 Å². The molecule has 0 aliphatic carbocycles. The van der Waals surface area contributed by atoms with E-state index in [4.69, 9.17) is 0 Å². The van der Waals surface area contributed by atoms with Crippen LogP contribution in [-0.4, -0.2) is 9.13 Å². The third-order valence-electron chi connectivity index (χ3n) is 3.40. The Balaban J connectivity index is 2.23. The third-order valence-corrected chi connectivity index (χ3v) is 3.40. The first-order chi connectivity index (χ1) is 9.68. The molecule has 3 aromatic rings. The van der Waals surface area contributed by atoms with E-state index in [0.717, 1.165) is 22.3 Å². The van der Waals surface area contributed by atoms with Gasteiger partial charge in [-0.3, -0.25) is 9.13 Å². The van der Waals surface area contributed by atoms with Gasteiger partial charge in [-0.25, -0.2) is 4.79 Å². The summed E-state index contributed by atoms with van der Waals surface area (Å²) in [5.74, 6) is 0. The fraction of sp³-hybridized carbons (Fsp3) is 0.118. The molecular formula is C17H16N2O. The van der Waals surface area contributed by atoms with Gasteiger partial charge in [-0.15, -0.1) is 0 Å². The summed E-state index contributed by atoms with van der Waals surface area (Å²) < 4.78 is 3.46. The second-order valence-electron chi connectivity index (χ2n) is 4.91. The SMILES string of the molecule is C=C(C)n1c(=O)n(Cc2ccccc2)c2ccccc21. The van der Waals surface area contributed by atoms with E-state index >= 15 is 0 Å². The Hall–Kier alpha value is -2.55. The van der Waals surface area contributed by atoms with Gasteiger partial charge in [-0.1, -0.05) is 49.0 Å². The van der Waals surface area contributed by atoms with Crippen molar-refractivity contribution >= 4 is 16.7 Å². The van der Waals surface area contributed by atoms with Crippen molar-refractivity contribution in [1.82, 2.24) is 9.13 Å². The van der Waals surface area contributed by atoms with Crippen LogP contribution in [0.1, 0.15) is 12.5 Å². The second-order valence-corrected chi connectivity index (χ2v) is 4.91. The predicted molar refractivity (Wildman–Crippen MR) is 82.7 cm³/mol. The van der Waals surface area contributed by atoms with Crippen LogP contribution in [0.4, 0.5) is 0 Å². The van der Waals surface area contributed by atoms with E-state index in [-0.39, 0.29) is 5.69 Å². The first kappa shape index (κ1) is 12.5. The summed E-state index contributed by atoms with van der Waals surface area (Å²) in [6.07, 6.45) is 0. The Labute approximate surface area is 117 Å². The van der Waals surface area contributed by atoms with E-state index in [1.165, 1.54) is 0 Å². The molecule has 2 aromatic carbocycles. The maximum absolute atomic E-state index is 12.6. The molecule has 0 N–H and O–H groups in total. The van der Waals surface area contributed by atoms with E-state index in [9.17, 15) is 4.79 Å². The van der Waals surface area contributed by atoms with Crippen LogP contribution in [0.3, 0.4) is 0 Å². The Morgan fingerprint density at radius 2 is 1.60 bits per heavy atom. The molecule has 0 fully saturated rings. The summed E-state index contributed by atoms with van der Waals surface area (Å²) in [6.45, 7) is 6.32. The predicted octanol–water partition coefficient (Wildman–Crippen LogP) is 3.34. The first-order valence-corrected chi connectivity index (χ1v) is 6.58. The van der Waals surface area contributed by atoms with Gasteiger partial charge >= 0.3 is 5.69 Å². The van der Waals surface area contributed by atoms with Gasteiger partial charge in [0.2, 0.25) is 0 Å². The van der Waals surface area contributed by atoms with Gasteiger partial charge < -0.3 is 0 Å². The highest BCUT2D eigenvalue weighted by molar-refractivity contribution is 5.79. The van der Waals surface area contributed by atoms with Gasteiger partial charge in [0.15, 0.2) is 0 Å². The number of hydrogen-bond acceptors (Lipinski definition) is 1. The summed E-state index contributed by atoms with van der Waals surface area (Å²) >= 11 is 0. The van der Waals surface area contributed by atoms with Crippen LogP contribution in [0.5, 0.6) is 0 Å². The zero-order chi connectivity index (χ0) is 14.1. The Bertz CT molecular complexity index is 825. The molecule has 0 radical (unpaired) electrons. The van der Waals surface area contributed by atoms with Crippen LogP contribution in [0, 0.1) is 0 Å². The molecule has 0 amide bonds. The van der Waals surface area contributed by atoms with E-state index in [0.29, 0.717) is 6.54 Å². The summed E-state index contributed by atoms with van der Waals surface area (Å²) in [6, 6.07) is 17.8. The fourth-order valence-electron chi connectivity index (χ4n) is 2.50. The molecule has 0 unspecified atom stereocenters. The lowest BCUT2D eigenvalue weighted by Crippen LogP contribution is -2.23. The standard InChI is InChI=1S/C17H16N2O/c1-13(2)19-16-11-7-6-10-15(16)18(17(19)20)12-14-8-4-3-5-9-14/h3-11H,1,12H2,2H3. The number of fused-ring (bicyclic) bond motifs is 1. The molecule has 0 saturated heterocycles. The van der Waals surface area contributed by atoms with E-state index < -0.39 is 0 Å². The zero-order valence-electron chi connectivity index (χ0n) is 11.4. The first-order valence-electron chi connectivity index (χ1n) is 6.58. The monoisotopic (exact) mass is 264 g/mol. The molecule has 3 nitrogen and oxygen atoms in total. The minimum atomic E-state index is -0.0393. The maximum atomic E-state index is 12.6. The molecule has 20 heavy (non-hydrogen) atoms. The van der Waals surface area contributed by atoms with Gasteiger partial charge in [0.05, 0.1) is 17.6 Å². The van der Waals surface area contributed by atoms with Gasteiger partial charge in [-0.2, -0.15) is 0 Å². The van der Waals surface area contributed by atoms with Crippen molar-refractivity contribution in [1.29, 1.82) is 0 Å². The average Bonchev–Trinajstić information content (AvgIpc) is 2.73. The number of hydrogen-bond donors (Lipinski definition) is 0. The number of benzene rings is 2. The molecule has 1 heterocycles. The number of aromatic nitrogens is 2. The topological polar surface area (TPSA) is 26.9 Å². The van der Waals surface area contributed by atoms with Crippen molar-refractivity contribution in [2.75, 3.05) is 0 Å². The molecule has 3 heteroatoms. The largest absolute Gasteiger partial charge is 0.333 e. The summed E-state index contributed by atoms with van der Waals surface area (Å²) in [4.78, 5) is 12.6. The van der Waals surface area contributed by atoms with Crippen LogP contribution in [0.25, 0.3) is 16.7 Å². The number of allylic oxidation sites excluding steroid dienone is 1. The van der Waals surface area contributed by atoms with Gasteiger partial charge in [-0.05, 0) is 24.6 Å². The number of para-hydroxylation sites is 2. The maximum Gasteiger partial charge on any atom is 0.333 e. The van der Waals surface area contributed by atoms with Crippen LogP contribution in [-0.2, 0) is 6.54 Å². The second kappa shape index (κ2) is 4.85. The smallest absolute Gasteiger partial charge is 0.287 e. The lowest BCUT2D eigenvalue weighted by molar-refractivity contribution is 0.766. The zero-order valence-corrected chi connectivity index (χ0v) is 11.4. The molecule has 3 rings (SSSR count). The molecule has 0 atom stereocenters. The molecule has 100 valence electrons. The van der Waals surface area contributed by atoms with Crippen molar-refractivity contribution in [3.63, 3.8) is 0 Å². The van der Waals surface area contributed by atoms with Crippen molar-refractivity contribution in [2.45, 2.75) is 13.5 Å². The normalized spacial score (nSPS) is 10.8. The lowest BCUT2D eigenvalue weighted by atomic mass is 10.2. The highest BCUT2D eigenvalue weighted by Crippen LogP contribution is 2.16. The van der Waals surface area contributed by atoms with Gasteiger partial charge in [0, 0.05) is 5.70 Å². The molecule has 0 saturated carbocycles. The number of rotatable bonds is 3. The Morgan fingerprint density at radius 3 is 2.25 bits per heavy atom. The van der Waals surface area contributed by atoms with Gasteiger partial charge in [0.25, 0.3) is 0 Å². The minimum absolute atomic E-state index is 0.0393. The van der Waals surface area contributed by atoms with E-state index in [2.05, 4.69) is 6.58 Å². The van der Waals surface area contributed by atoms with Crippen LogP contribution >= 0.6 is 0 Å². The summed E-state index contributed by atoms with van der Waals surface area (Å²) in [5, 5.41) is 0. The van der Waals surface area contributed by atoms with Crippen LogP contribution < -0.4 is 5.69 Å². The van der Waals surface area contributed by atoms with Crippen LogP contribution in [0.15, 0.2) is 66.0 Å². The highest BCUT2D eigenvalue weighted by Gasteiger charge is 2.13. The quantitative estimate of drug-likeness (QED) is 0.712. The lowest BCUT2D eigenvalue weighted by Gasteiger charge is -2.03. The van der Waals surface area contributed by atoms with Crippen molar-refractivity contribution in [3.05, 3.63) is 77.2 Å². The third kappa shape index (κ3) is 1.97. The Morgan fingerprint density at radius 1 is 1.00 bits per heavy atom. The van der Waals surface area contributed by atoms with Crippen molar-refractivity contribution in [3.8, 4) is 0 Å². The summed E-state index contributed by atoms with van der Waals surface area (Å²) in [7, 11) is 0. The molecule has 0 bridgehead atoms. The fourth-order valence-corrected chi connectivity index (χ4v) is 2.50. The van der Waals surface area contributed by atoms with E-state index in [1.54, 1.807) is 9.13 Å². The van der Waals surface area contributed by atoms with E-state index in [1.807, 2.05) is 61.5 Å². The number of imidazole rings is 1. The molecule has 1 aromatic heterocycles. The highest BCUT2D eigenvalue weighted by atomic mass is 16.1. The Kier molecular flexibility index (Phi) is 3.03. The van der Waals surface area contributed by atoms with Crippen LogP contribution in [0.2, 0.25) is 0 Å². The van der Waals surface area contributed by atoms with Crippen molar-refractivity contribution in [2.24, 2.45) is 0 Å². The molecule has 0 spiro atoms. The minimum Gasteiger partial charge on any atom is -0.287 e. The average molecular weight is 264 g/mol.